The molecule has 0 aliphatic heterocycles. The molecule has 0 bridgehead atoms. The Morgan fingerprint density at radius 2 is 1.85 bits per heavy atom. The first-order valence-electron chi connectivity index (χ1n) is 13.6. The highest BCUT2D eigenvalue weighted by atomic mass is 35.5. The fraction of sp³-hybridized carbons (Fsp3) is 0.387. The third-order valence-electron chi connectivity index (χ3n) is 6.35. The Kier molecular flexibility index (Phi) is 12.7. The van der Waals surface area contributed by atoms with Crippen LogP contribution in [0.2, 0.25) is 10.0 Å². The Morgan fingerprint density at radius 1 is 1.12 bits per heavy atom. The maximum atomic E-state index is 13.0. The highest BCUT2D eigenvalue weighted by Gasteiger charge is 2.20. The molecule has 0 spiro atoms. The molecule has 10 heteroatoms. The van der Waals surface area contributed by atoms with E-state index in [4.69, 9.17) is 37.4 Å². The molecule has 3 aromatic rings. The predicted molar refractivity (Wildman–Crippen MR) is 167 cm³/mol. The second-order valence-electron chi connectivity index (χ2n) is 9.40. The number of amides is 1. The molecule has 220 valence electrons. The Labute approximate surface area is 255 Å². The normalized spacial score (nSPS) is 12.2. The minimum Gasteiger partial charge on any atom is -0.496 e. The molecule has 0 radical (unpaired) electrons. The minimum absolute atomic E-state index is 0.141. The average molecular weight is 620 g/mol. The van der Waals surface area contributed by atoms with Crippen LogP contribution in [0.4, 0.5) is 5.13 Å². The van der Waals surface area contributed by atoms with Gasteiger partial charge in [-0.3, -0.25) is 10.1 Å². The van der Waals surface area contributed by atoms with Crippen molar-refractivity contribution in [2.75, 3.05) is 25.6 Å². The maximum absolute atomic E-state index is 13.0. The zero-order valence-corrected chi connectivity index (χ0v) is 26.3. The van der Waals surface area contributed by atoms with Gasteiger partial charge in [0.25, 0.3) is 5.91 Å². The number of esters is 1. The van der Waals surface area contributed by atoms with Crippen LogP contribution in [0.25, 0.3) is 17.3 Å². The third-order valence-corrected chi connectivity index (χ3v) is 7.74. The predicted octanol–water partition coefficient (Wildman–Crippen LogP) is 9.00. The topological polar surface area (TPSA) is 86.8 Å². The highest BCUT2D eigenvalue weighted by molar-refractivity contribution is 7.14. The van der Waals surface area contributed by atoms with E-state index in [0.29, 0.717) is 34.3 Å². The van der Waals surface area contributed by atoms with Gasteiger partial charge in [-0.1, -0.05) is 61.5 Å². The van der Waals surface area contributed by atoms with Crippen LogP contribution in [-0.4, -0.2) is 37.2 Å². The number of hydrogen-bond acceptors (Lipinski definition) is 7. The van der Waals surface area contributed by atoms with Crippen molar-refractivity contribution in [3.8, 4) is 17.0 Å². The molecule has 0 saturated heterocycles. The Morgan fingerprint density at radius 3 is 2.51 bits per heavy atom. The van der Waals surface area contributed by atoms with E-state index in [1.54, 1.807) is 21.0 Å². The summed E-state index contributed by atoms with van der Waals surface area (Å²) in [5.74, 6) is -0.192. The first-order valence-corrected chi connectivity index (χ1v) is 15.2. The van der Waals surface area contributed by atoms with Crippen molar-refractivity contribution in [2.24, 2.45) is 0 Å². The van der Waals surface area contributed by atoms with Gasteiger partial charge in [0.05, 0.1) is 35.6 Å². The number of methoxy groups -OCH3 is 1. The fourth-order valence-electron chi connectivity index (χ4n) is 4.18. The Bertz CT molecular complexity index is 1370. The molecule has 1 heterocycles. The van der Waals surface area contributed by atoms with E-state index < -0.39 is 11.9 Å². The van der Waals surface area contributed by atoms with Gasteiger partial charge in [-0.2, -0.15) is 0 Å². The van der Waals surface area contributed by atoms with Crippen molar-refractivity contribution in [3.05, 3.63) is 68.0 Å². The molecule has 0 fully saturated rings. The lowest BCUT2D eigenvalue weighted by atomic mass is 10.0. The summed E-state index contributed by atoms with van der Waals surface area (Å²) >= 11 is 14.1. The molecule has 1 aromatic heterocycles. The Hall–Kier alpha value is -2.91. The Balaban J connectivity index is 1.76. The number of anilines is 1. The van der Waals surface area contributed by atoms with Gasteiger partial charge in [-0.05, 0) is 51.5 Å². The van der Waals surface area contributed by atoms with Crippen LogP contribution in [-0.2, 0) is 14.3 Å². The fourth-order valence-corrected chi connectivity index (χ4v) is 5.48. The summed E-state index contributed by atoms with van der Waals surface area (Å²) in [5.41, 5.74) is 3.45. The number of halogens is 2. The SMILES string of the molecule is CCCCCCO[C@H](C)c1cccc(-c2csc(NC(=O)c3cc(Cl)c(/C=C(\C)C(=O)OCC)c(Cl)c3)n2)c1OC. The summed E-state index contributed by atoms with van der Waals surface area (Å²) in [6.07, 6.45) is 5.97. The number of unbranched alkanes of at least 4 members (excludes halogenated alkanes) is 3. The number of hydrogen-bond donors (Lipinski definition) is 1. The minimum atomic E-state index is -0.465. The summed E-state index contributed by atoms with van der Waals surface area (Å²) in [6, 6.07) is 8.87. The van der Waals surface area contributed by atoms with Crippen LogP contribution in [0, 0.1) is 0 Å². The van der Waals surface area contributed by atoms with Crippen LogP contribution in [0.15, 0.2) is 41.3 Å². The molecule has 0 aliphatic rings. The lowest BCUT2D eigenvalue weighted by Gasteiger charge is -2.18. The van der Waals surface area contributed by atoms with Gasteiger partial charge in [-0.15, -0.1) is 11.3 Å². The van der Waals surface area contributed by atoms with E-state index in [0.717, 1.165) is 24.0 Å². The molecule has 0 saturated carbocycles. The standard InChI is InChI=1S/C31H36Cl2N2O5S/c1-6-8-9-10-14-40-20(4)22-12-11-13-23(28(22)38-5)27-18-41-31(34-27)35-29(36)21-16-25(32)24(26(33)17-21)15-19(3)30(37)39-7-2/h11-13,15-18,20H,6-10,14H2,1-5H3,(H,34,35,36)/b19-15+/t20-/m1/s1. The van der Waals surface area contributed by atoms with Crippen LogP contribution >= 0.6 is 34.5 Å². The smallest absolute Gasteiger partial charge is 0.333 e. The van der Waals surface area contributed by atoms with Crippen LogP contribution in [0.5, 0.6) is 5.75 Å². The quantitative estimate of drug-likeness (QED) is 0.110. The number of nitrogens with one attached hydrogen (secondary N) is 1. The molecule has 1 N–H and O–H groups in total. The number of carbonyl (C=O) groups excluding carboxylic acids is 2. The van der Waals surface area contributed by atoms with Crippen molar-refractivity contribution >= 4 is 57.6 Å². The first-order chi connectivity index (χ1) is 19.7. The van der Waals surface area contributed by atoms with E-state index >= 15 is 0 Å². The zero-order valence-electron chi connectivity index (χ0n) is 24.0. The number of rotatable bonds is 14. The number of thiazole rings is 1. The van der Waals surface area contributed by atoms with E-state index in [1.165, 1.54) is 42.4 Å². The zero-order chi connectivity index (χ0) is 29.9. The molecular weight excluding hydrogens is 583 g/mol. The van der Waals surface area contributed by atoms with Crippen LogP contribution < -0.4 is 10.1 Å². The molecule has 7 nitrogen and oxygen atoms in total. The molecule has 1 atom stereocenters. The summed E-state index contributed by atoms with van der Waals surface area (Å²) < 4.78 is 16.9. The largest absolute Gasteiger partial charge is 0.496 e. The molecule has 1 amide bonds. The number of carbonyl (C=O) groups is 2. The van der Waals surface area contributed by atoms with Crippen molar-refractivity contribution in [1.29, 1.82) is 0 Å². The number of para-hydroxylation sites is 1. The highest BCUT2D eigenvalue weighted by Crippen LogP contribution is 2.38. The van der Waals surface area contributed by atoms with Gasteiger partial charge < -0.3 is 14.2 Å². The molecule has 0 aliphatic carbocycles. The molecule has 2 aromatic carbocycles. The van der Waals surface area contributed by atoms with Gasteiger partial charge in [0.2, 0.25) is 0 Å². The van der Waals surface area contributed by atoms with Crippen molar-refractivity contribution in [3.63, 3.8) is 0 Å². The molecule has 41 heavy (non-hydrogen) atoms. The van der Waals surface area contributed by atoms with Gasteiger partial charge in [0, 0.05) is 39.8 Å². The average Bonchev–Trinajstić information content (AvgIpc) is 3.42. The molecular formula is C31H36Cl2N2O5S. The third kappa shape index (κ3) is 8.79. The number of ether oxygens (including phenoxy) is 3. The summed E-state index contributed by atoms with van der Waals surface area (Å²) in [5, 5.41) is 5.55. The number of aromatic nitrogens is 1. The maximum Gasteiger partial charge on any atom is 0.333 e. The summed E-state index contributed by atoms with van der Waals surface area (Å²) in [7, 11) is 1.63. The second-order valence-corrected chi connectivity index (χ2v) is 11.1. The summed E-state index contributed by atoms with van der Waals surface area (Å²) in [6.45, 7) is 8.49. The molecule has 0 unspecified atom stereocenters. The van der Waals surface area contributed by atoms with Crippen molar-refractivity contribution in [1.82, 2.24) is 4.98 Å². The van der Waals surface area contributed by atoms with Crippen LogP contribution in [0.3, 0.4) is 0 Å². The summed E-state index contributed by atoms with van der Waals surface area (Å²) in [4.78, 5) is 29.6. The lowest BCUT2D eigenvalue weighted by Crippen LogP contribution is -2.12. The lowest BCUT2D eigenvalue weighted by molar-refractivity contribution is -0.138. The van der Waals surface area contributed by atoms with E-state index in [1.807, 2.05) is 30.5 Å². The van der Waals surface area contributed by atoms with Gasteiger partial charge in [0.1, 0.15) is 5.75 Å². The van der Waals surface area contributed by atoms with E-state index in [-0.39, 0.29) is 28.3 Å². The molecule has 3 rings (SSSR count). The van der Waals surface area contributed by atoms with Crippen molar-refractivity contribution in [2.45, 2.75) is 59.5 Å². The monoisotopic (exact) mass is 618 g/mol. The van der Waals surface area contributed by atoms with E-state index in [2.05, 4.69) is 17.2 Å². The van der Waals surface area contributed by atoms with Crippen molar-refractivity contribution < 1.29 is 23.8 Å². The second kappa shape index (κ2) is 15.9. The number of nitrogens with zero attached hydrogens (tertiary/aromatic N) is 1. The van der Waals surface area contributed by atoms with Gasteiger partial charge >= 0.3 is 5.97 Å². The van der Waals surface area contributed by atoms with Gasteiger partial charge in [0.15, 0.2) is 5.13 Å². The first kappa shape index (κ1) is 32.6. The van der Waals surface area contributed by atoms with Gasteiger partial charge in [-0.25, -0.2) is 9.78 Å². The van der Waals surface area contributed by atoms with Crippen LogP contribution in [0.1, 0.15) is 81.0 Å². The van der Waals surface area contributed by atoms with E-state index in [9.17, 15) is 9.59 Å². The number of benzene rings is 2.